The van der Waals surface area contributed by atoms with Gasteiger partial charge < -0.3 is 20.7 Å². The van der Waals surface area contributed by atoms with Crippen LogP contribution in [0.2, 0.25) is 0 Å². The molecule has 3 N–H and O–H groups in total. The van der Waals surface area contributed by atoms with E-state index in [-0.39, 0.29) is 11.9 Å². The number of carbonyl (C=O) groups is 2. The molecular weight excluding hydrogens is 334 g/mol. The van der Waals surface area contributed by atoms with Crippen LogP contribution >= 0.6 is 11.3 Å². The topological polar surface area (TPSA) is 128 Å². The summed E-state index contributed by atoms with van der Waals surface area (Å²) in [5.41, 5.74) is 6.77. The molecule has 0 saturated carbocycles. The lowest BCUT2D eigenvalue weighted by molar-refractivity contribution is 0.0855. The molecule has 1 saturated heterocycles. The number of nitrogens with one attached hydrogen (secondary N) is 1. The van der Waals surface area contributed by atoms with Gasteiger partial charge in [-0.15, -0.1) is 16.4 Å². The van der Waals surface area contributed by atoms with E-state index in [2.05, 4.69) is 20.8 Å². The van der Waals surface area contributed by atoms with Gasteiger partial charge in [-0.05, 0) is 22.4 Å². The number of nitrogens with two attached hydrogens (primary N) is 1. The summed E-state index contributed by atoms with van der Waals surface area (Å²) in [7, 11) is 0. The van der Waals surface area contributed by atoms with Crippen molar-refractivity contribution in [3.05, 3.63) is 22.3 Å². The number of aromatic nitrogens is 4. The number of fused-ring (bicyclic) bond motifs is 1. The standard InChI is InChI=1S/C13H15N7O3S/c14-13(22)19-3-7(4-19)16-11(21)10-8-1-2-23-5-9(8)24-12(10)20-6-15-17-18-20/h6-7H,1-5H2,(H2,14,22)(H,16,21). The number of ether oxygens (including phenoxy) is 1. The van der Waals surface area contributed by atoms with E-state index in [0.717, 1.165) is 10.4 Å². The first-order chi connectivity index (χ1) is 11.6. The van der Waals surface area contributed by atoms with Crippen LogP contribution in [0.5, 0.6) is 0 Å². The molecule has 4 heterocycles. The first-order valence-corrected chi connectivity index (χ1v) is 8.26. The van der Waals surface area contributed by atoms with Crippen molar-refractivity contribution in [2.75, 3.05) is 19.7 Å². The van der Waals surface area contributed by atoms with E-state index < -0.39 is 6.03 Å². The summed E-state index contributed by atoms with van der Waals surface area (Å²) < 4.78 is 6.97. The van der Waals surface area contributed by atoms with Gasteiger partial charge in [-0.2, -0.15) is 4.68 Å². The highest BCUT2D eigenvalue weighted by Crippen LogP contribution is 2.34. The molecule has 0 bridgehead atoms. The SMILES string of the molecule is NC(=O)N1CC(NC(=O)c2c(-n3cnnn3)sc3c2CCOC3)C1. The maximum atomic E-state index is 12.8. The number of hydrogen-bond donors (Lipinski definition) is 2. The zero-order valence-electron chi connectivity index (χ0n) is 12.6. The Labute approximate surface area is 140 Å². The normalized spacial score (nSPS) is 17.2. The molecule has 2 aromatic rings. The average Bonchev–Trinajstić information content (AvgIpc) is 3.16. The van der Waals surface area contributed by atoms with Crippen LogP contribution in [0.15, 0.2) is 6.33 Å². The fourth-order valence-electron chi connectivity index (χ4n) is 2.88. The summed E-state index contributed by atoms with van der Waals surface area (Å²) in [4.78, 5) is 26.3. The number of hydrogen-bond acceptors (Lipinski definition) is 7. The molecule has 3 amide bonds. The molecule has 10 nitrogen and oxygen atoms in total. The summed E-state index contributed by atoms with van der Waals surface area (Å²) >= 11 is 1.46. The average molecular weight is 349 g/mol. The molecule has 4 rings (SSSR count). The van der Waals surface area contributed by atoms with Crippen molar-refractivity contribution in [3.8, 4) is 5.00 Å². The van der Waals surface area contributed by atoms with Gasteiger partial charge in [0, 0.05) is 18.0 Å². The molecule has 0 atom stereocenters. The molecular formula is C13H15N7O3S. The number of rotatable bonds is 3. The highest BCUT2D eigenvalue weighted by atomic mass is 32.1. The summed E-state index contributed by atoms with van der Waals surface area (Å²) in [6.45, 7) is 1.92. The summed E-state index contributed by atoms with van der Waals surface area (Å²) in [6, 6.07) is -0.568. The first kappa shape index (κ1) is 15.0. The molecule has 0 aromatic carbocycles. The Morgan fingerprint density at radius 3 is 2.96 bits per heavy atom. The van der Waals surface area contributed by atoms with E-state index in [1.54, 1.807) is 0 Å². The van der Waals surface area contributed by atoms with Crippen molar-refractivity contribution in [1.29, 1.82) is 0 Å². The molecule has 11 heteroatoms. The monoisotopic (exact) mass is 349 g/mol. The molecule has 2 aliphatic heterocycles. The lowest BCUT2D eigenvalue weighted by Gasteiger charge is -2.38. The number of thiophene rings is 1. The van der Waals surface area contributed by atoms with E-state index in [0.29, 0.717) is 43.3 Å². The minimum absolute atomic E-state index is 0.0953. The van der Waals surface area contributed by atoms with Gasteiger partial charge in [0.2, 0.25) is 0 Å². The molecule has 2 aliphatic rings. The van der Waals surface area contributed by atoms with E-state index in [9.17, 15) is 9.59 Å². The maximum Gasteiger partial charge on any atom is 0.314 e. The van der Waals surface area contributed by atoms with Crippen molar-refractivity contribution in [2.24, 2.45) is 5.73 Å². The van der Waals surface area contributed by atoms with Gasteiger partial charge in [0.1, 0.15) is 11.3 Å². The molecule has 0 aliphatic carbocycles. The third-order valence-corrected chi connectivity index (χ3v) is 5.31. The van der Waals surface area contributed by atoms with Crippen LogP contribution in [0.1, 0.15) is 20.8 Å². The fraction of sp³-hybridized carbons (Fsp3) is 0.462. The minimum Gasteiger partial charge on any atom is -0.376 e. The van der Waals surface area contributed by atoms with Crippen molar-refractivity contribution in [2.45, 2.75) is 19.1 Å². The third kappa shape index (κ3) is 2.51. The van der Waals surface area contributed by atoms with Crippen LogP contribution in [0.25, 0.3) is 5.00 Å². The zero-order valence-corrected chi connectivity index (χ0v) is 13.5. The number of tetrazole rings is 1. The largest absolute Gasteiger partial charge is 0.376 e. The summed E-state index contributed by atoms with van der Waals surface area (Å²) in [5, 5.41) is 14.8. The second-order valence-corrected chi connectivity index (χ2v) is 6.74. The van der Waals surface area contributed by atoms with E-state index in [1.165, 1.54) is 27.2 Å². The summed E-state index contributed by atoms with van der Waals surface area (Å²) in [5.74, 6) is -0.186. The second-order valence-electron chi connectivity index (χ2n) is 5.65. The van der Waals surface area contributed by atoms with Crippen LogP contribution in [0, 0.1) is 0 Å². The lowest BCUT2D eigenvalue weighted by Crippen LogP contribution is -2.62. The van der Waals surface area contributed by atoms with E-state index in [4.69, 9.17) is 10.5 Å². The van der Waals surface area contributed by atoms with E-state index >= 15 is 0 Å². The van der Waals surface area contributed by atoms with Gasteiger partial charge in [-0.3, -0.25) is 4.79 Å². The van der Waals surface area contributed by atoms with Crippen LogP contribution in [-0.2, 0) is 17.8 Å². The zero-order chi connectivity index (χ0) is 16.7. The number of amides is 3. The highest BCUT2D eigenvalue weighted by molar-refractivity contribution is 7.15. The van der Waals surface area contributed by atoms with Crippen molar-refractivity contribution in [1.82, 2.24) is 30.4 Å². The van der Waals surface area contributed by atoms with Crippen LogP contribution in [-0.4, -0.2) is 62.8 Å². The molecule has 0 unspecified atom stereocenters. The molecule has 126 valence electrons. The molecule has 1 fully saturated rings. The van der Waals surface area contributed by atoms with Crippen molar-refractivity contribution >= 4 is 23.3 Å². The number of primary amides is 1. The van der Waals surface area contributed by atoms with Gasteiger partial charge in [-0.1, -0.05) is 0 Å². The number of urea groups is 1. The fourth-order valence-corrected chi connectivity index (χ4v) is 4.07. The Morgan fingerprint density at radius 1 is 1.42 bits per heavy atom. The number of likely N-dealkylation sites (tertiary alicyclic amines) is 1. The Balaban J connectivity index is 1.60. The maximum absolute atomic E-state index is 12.8. The predicted molar refractivity (Wildman–Crippen MR) is 82.8 cm³/mol. The third-order valence-electron chi connectivity index (χ3n) is 4.11. The molecule has 24 heavy (non-hydrogen) atoms. The van der Waals surface area contributed by atoms with Gasteiger partial charge in [0.05, 0.1) is 24.8 Å². The van der Waals surface area contributed by atoms with Gasteiger partial charge in [-0.25, -0.2) is 4.79 Å². The van der Waals surface area contributed by atoms with Crippen LogP contribution in [0.4, 0.5) is 4.79 Å². The second kappa shape index (κ2) is 5.83. The van der Waals surface area contributed by atoms with Crippen molar-refractivity contribution in [3.63, 3.8) is 0 Å². The molecule has 0 radical (unpaired) electrons. The van der Waals surface area contributed by atoms with Gasteiger partial charge in [0.25, 0.3) is 5.91 Å². The summed E-state index contributed by atoms with van der Waals surface area (Å²) in [6.07, 6.45) is 2.14. The van der Waals surface area contributed by atoms with Gasteiger partial charge in [0.15, 0.2) is 0 Å². The Hall–Kier alpha value is -2.53. The van der Waals surface area contributed by atoms with Crippen molar-refractivity contribution < 1.29 is 14.3 Å². The number of carbonyl (C=O) groups excluding carboxylic acids is 2. The highest BCUT2D eigenvalue weighted by Gasteiger charge is 2.33. The smallest absolute Gasteiger partial charge is 0.314 e. The Bertz CT molecular complexity index is 782. The lowest BCUT2D eigenvalue weighted by atomic mass is 10.0. The minimum atomic E-state index is -0.472. The predicted octanol–water partition coefficient (Wildman–Crippen LogP) is -0.711. The first-order valence-electron chi connectivity index (χ1n) is 7.44. The molecule has 2 aromatic heterocycles. The number of nitrogens with zero attached hydrogens (tertiary/aromatic N) is 5. The van der Waals surface area contributed by atoms with E-state index in [1.807, 2.05) is 0 Å². The Morgan fingerprint density at radius 2 is 2.25 bits per heavy atom. The van der Waals surface area contributed by atoms with Crippen LogP contribution in [0.3, 0.4) is 0 Å². The van der Waals surface area contributed by atoms with Gasteiger partial charge >= 0.3 is 6.03 Å². The molecule has 0 spiro atoms. The Kier molecular flexibility index (Phi) is 3.65. The quantitative estimate of drug-likeness (QED) is 0.753. The van der Waals surface area contributed by atoms with Crippen LogP contribution < -0.4 is 11.1 Å².